The van der Waals surface area contributed by atoms with Gasteiger partial charge in [0.05, 0.1) is 5.69 Å². The van der Waals surface area contributed by atoms with Gasteiger partial charge in [0, 0.05) is 81.7 Å². The van der Waals surface area contributed by atoms with Crippen molar-refractivity contribution in [3.8, 4) is 0 Å². The maximum absolute atomic E-state index is 13.5. The van der Waals surface area contributed by atoms with E-state index in [9.17, 15) is 9.00 Å². The summed E-state index contributed by atoms with van der Waals surface area (Å²) in [5.74, 6) is 0.00603. The van der Waals surface area contributed by atoms with Crippen LogP contribution < -0.4 is 10.6 Å². The van der Waals surface area contributed by atoms with Gasteiger partial charge in [-0.1, -0.05) is 13.8 Å². The molecular weight excluding hydrogens is 615 g/mol. The van der Waals surface area contributed by atoms with E-state index in [2.05, 4.69) is 44.7 Å². The second-order valence-electron chi connectivity index (χ2n) is 8.75. The molecule has 2 fully saturated rings. The maximum Gasteiger partial charge on any atom is 0.237 e. The number of nitrogens with zero attached hydrogens (tertiary/aromatic N) is 3. The topological polar surface area (TPSA) is 69.9 Å². The number of carbonyl (C=O) groups is 1. The molecule has 6 nitrogen and oxygen atoms in total. The van der Waals surface area contributed by atoms with Crippen molar-refractivity contribution >= 4 is 96.0 Å². The lowest BCUT2D eigenvalue weighted by Crippen LogP contribution is -2.59. The third-order valence-corrected chi connectivity index (χ3v) is 11.5. The summed E-state index contributed by atoms with van der Waals surface area (Å²) in [6.45, 7) is 8.15. The Balaban J connectivity index is 1.79. The molecule has 1 amide bonds. The minimum Gasteiger partial charge on any atom is -0.368 e. The highest BCUT2D eigenvalue weighted by molar-refractivity contribution is 14.1. The molecule has 0 bridgehead atoms. The lowest BCUT2D eigenvalue weighted by atomic mass is 9.96. The van der Waals surface area contributed by atoms with Crippen molar-refractivity contribution in [3.05, 3.63) is 5.56 Å². The van der Waals surface area contributed by atoms with Crippen molar-refractivity contribution in [1.29, 1.82) is 0 Å². The van der Waals surface area contributed by atoms with E-state index < -0.39 is 21.6 Å². The second kappa shape index (κ2) is 11.2. The summed E-state index contributed by atoms with van der Waals surface area (Å²) in [6, 6.07) is 0. The Labute approximate surface area is 229 Å². The van der Waals surface area contributed by atoms with Crippen LogP contribution in [0.3, 0.4) is 0 Å². The summed E-state index contributed by atoms with van der Waals surface area (Å²) >= 11 is 21.3. The van der Waals surface area contributed by atoms with Crippen LogP contribution in [0.4, 0.5) is 5.69 Å². The van der Waals surface area contributed by atoms with E-state index in [4.69, 9.17) is 56.2 Å². The van der Waals surface area contributed by atoms with Crippen LogP contribution in [0.5, 0.6) is 0 Å². The summed E-state index contributed by atoms with van der Waals surface area (Å²) in [5, 5.41) is 0. The van der Waals surface area contributed by atoms with Crippen molar-refractivity contribution < 1.29 is 9.00 Å². The Morgan fingerprint density at radius 2 is 1.50 bits per heavy atom. The fourth-order valence-electron chi connectivity index (χ4n) is 4.31. The van der Waals surface area contributed by atoms with Gasteiger partial charge in [0.25, 0.3) is 0 Å². The predicted octanol–water partition coefficient (Wildman–Crippen LogP) is 3.50. The average molecular weight is 647 g/mol. The number of primary amides is 1. The SMILES string of the molecule is CC(C)Cc1c(S)c(S)c(N2CCN(S(=O)C3(C(N)=O)CCN(I)CC3)CC2)c(S)c1S. The zero-order chi connectivity index (χ0) is 23.8. The Morgan fingerprint density at radius 1 is 1.00 bits per heavy atom. The van der Waals surface area contributed by atoms with Crippen LogP contribution in [0.2, 0.25) is 0 Å². The molecule has 0 aromatic heterocycles. The van der Waals surface area contributed by atoms with E-state index in [1.807, 2.05) is 4.31 Å². The van der Waals surface area contributed by atoms with Crippen LogP contribution in [-0.2, 0) is 22.2 Å². The van der Waals surface area contributed by atoms with E-state index in [-0.39, 0.29) is 0 Å². The van der Waals surface area contributed by atoms with E-state index in [1.165, 1.54) is 0 Å². The molecule has 1 unspecified atom stereocenters. The van der Waals surface area contributed by atoms with Gasteiger partial charge < -0.3 is 10.6 Å². The van der Waals surface area contributed by atoms with Gasteiger partial charge in [0.15, 0.2) is 0 Å². The summed E-state index contributed by atoms with van der Waals surface area (Å²) in [6.07, 6.45) is 1.89. The van der Waals surface area contributed by atoms with Crippen LogP contribution in [-0.4, -0.2) is 61.6 Å². The van der Waals surface area contributed by atoms with Gasteiger partial charge in [-0.2, -0.15) is 0 Å². The molecule has 0 spiro atoms. The van der Waals surface area contributed by atoms with Crippen LogP contribution in [0.15, 0.2) is 19.6 Å². The van der Waals surface area contributed by atoms with E-state index >= 15 is 0 Å². The molecule has 0 radical (unpaired) electrons. The number of benzene rings is 1. The van der Waals surface area contributed by atoms with Crippen molar-refractivity contribution in [3.63, 3.8) is 0 Å². The zero-order valence-electron chi connectivity index (χ0n) is 18.3. The van der Waals surface area contributed by atoms with Gasteiger partial charge in [0.1, 0.15) is 15.7 Å². The number of carbonyl (C=O) groups excluding carboxylic acids is 1. The number of halogens is 1. The summed E-state index contributed by atoms with van der Waals surface area (Å²) < 4.78 is 16.5. The minimum absolute atomic E-state index is 0.460. The quantitative estimate of drug-likeness (QED) is 0.187. The van der Waals surface area contributed by atoms with Crippen LogP contribution in [0, 0.1) is 5.92 Å². The fraction of sp³-hybridized carbons (Fsp3) is 0.650. The van der Waals surface area contributed by atoms with Crippen LogP contribution in [0.25, 0.3) is 0 Å². The number of hydrogen-bond donors (Lipinski definition) is 5. The molecule has 1 aromatic carbocycles. The molecule has 2 heterocycles. The summed E-state index contributed by atoms with van der Waals surface area (Å²) in [4.78, 5) is 17.8. The van der Waals surface area contributed by atoms with E-state index in [0.717, 1.165) is 37.3 Å². The molecule has 2 aliphatic heterocycles. The number of amides is 1. The molecule has 12 heteroatoms. The fourth-order valence-corrected chi connectivity index (χ4v) is 8.05. The van der Waals surface area contributed by atoms with Crippen LogP contribution in [0.1, 0.15) is 32.3 Å². The number of hydrogen-bond acceptors (Lipinski definition) is 8. The molecule has 2 N–H and O–H groups in total. The first-order chi connectivity index (χ1) is 15.0. The normalized spacial score (nSPS) is 21.2. The molecule has 2 aliphatic rings. The van der Waals surface area contributed by atoms with E-state index in [1.54, 1.807) is 0 Å². The Bertz CT molecular complexity index is 871. The second-order valence-corrected chi connectivity index (χ2v) is 13.7. The molecule has 1 aromatic rings. The van der Waals surface area contributed by atoms with Gasteiger partial charge in [-0.15, -0.1) is 50.5 Å². The van der Waals surface area contributed by atoms with Crippen molar-refractivity contribution in [2.24, 2.45) is 11.7 Å². The minimum atomic E-state index is -1.46. The molecule has 180 valence electrons. The first-order valence-electron chi connectivity index (χ1n) is 10.6. The monoisotopic (exact) mass is 646 g/mol. The summed E-state index contributed by atoms with van der Waals surface area (Å²) in [5.41, 5.74) is 7.74. The highest BCUT2D eigenvalue weighted by atomic mass is 127. The third-order valence-electron chi connectivity index (χ3n) is 6.17. The van der Waals surface area contributed by atoms with Gasteiger partial charge in [-0.25, -0.2) is 11.6 Å². The summed E-state index contributed by atoms with van der Waals surface area (Å²) in [7, 11) is -1.46. The number of anilines is 1. The molecule has 0 saturated carbocycles. The molecule has 3 rings (SSSR count). The smallest absolute Gasteiger partial charge is 0.237 e. The number of nitrogens with two attached hydrogens (primary N) is 1. The highest BCUT2D eigenvalue weighted by Crippen LogP contribution is 2.44. The number of piperidine rings is 1. The first kappa shape index (κ1) is 27.3. The third kappa shape index (κ3) is 5.41. The number of piperazine rings is 1. The van der Waals surface area contributed by atoms with Crippen molar-refractivity contribution in [2.75, 3.05) is 44.2 Å². The van der Waals surface area contributed by atoms with Crippen molar-refractivity contribution in [2.45, 2.75) is 57.4 Å². The van der Waals surface area contributed by atoms with Gasteiger partial charge in [0.2, 0.25) is 5.91 Å². The molecular formula is C20H31IN4O2S5. The lowest BCUT2D eigenvalue weighted by molar-refractivity contribution is -0.121. The first-order valence-corrected chi connectivity index (χ1v) is 14.5. The van der Waals surface area contributed by atoms with E-state index in [0.29, 0.717) is 58.0 Å². The van der Waals surface area contributed by atoms with Crippen molar-refractivity contribution in [1.82, 2.24) is 7.42 Å². The Morgan fingerprint density at radius 3 is 1.94 bits per heavy atom. The maximum atomic E-state index is 13.5. The molecule has 2 saturated heterocycles. The lowest BCUT2D eigenvalue weighted by Gasteiger charge is -2.43. The predicted molar refractivity (Wildman–Crippen MR) is 153 cm³/mol. The Hall–Kier alpha value is 0.690. The average Bonchev–Trinajstić information content (AvgIpc) is 2.76. The van der Waals surface area contributed by atoms with Gasteiger partial charge in [-0.05, 0) is 30.7 Å². The number of thiol groups is 4. The number of rotatable bonds is 6. The standard InChI is InChI=1S/C20H31IN4O2S5/c1-12(2)11-13-15(28)17(30)14(18(31)16(13)29)23-7-9-25(10-8-23)32(27)20(19(22)26)3-5-24(21)6-4-20/h12,28-31H,3-11H2,1-2H3,(H2,22,26). The van der Waals surface area contributed by atoms with Gasteiger partial charge >= 0.3 is 0 Å². The Kier molecular flexibility index (Phi) is 9.52. The largest absolute Gasteiger partial charge is 0.368 e. The van der Waals surface area contributed by atoms with Crippen LogP contribution >= 0.6 is 73.4 Å². The highest BCUT2D eigenvalue weighted by Gasteiger charge is 2.48. The molecule has 0 aliphatic carbocycles. The molecule has 32 heavy (non-hydrogen) atoms. The van der Waals surface area contributed by atoms with Gasteiger partial charge in [-0.3, -0.25) is 4.79 Å². The zero-order valence-corrected chi connectivity index (χ0v) is 24.8. The molecule has 1 atom stereocenters.